The summed E-state index contributed by atoms with van der Waals surface area (Å²) in [5, 5.41) is 7.20. The number of nitrogens with zero attached hydrogens (tertiary/aromatic N) is 4. The van der Waals surface area contributed by atoms with Crippen LogP contribution in [0.4, 0.5) is 4.79 Å². The van der Waals surface area contributed by atoms with Gasteiger partial charge >= 0.3 is 6.03 Å². The maximum atomic E-state index is 12.1. The van der Waals surface area contributed by atoms with Gasteiger partial charge in [0.05, 0.1) is 12.0 Å². The summed E-state index contributed by atoms with van der Waals surface area (Å²) in [7, 11) is 0. The van der Waals surface area contributed by atoms with E-state index in [1.165, 1.54) is 25.8 Å². The highest BCUT2D eigenvalue weighted by molar-refractivity contribution is 5.76. The first-order chi connectivity index (χ1) is 11.9. The van der Waals surface area contributed by atoms with Crippen LogP contribution in [0.15, 0.2) is 4.52 Å². The lowest BCUT2D eigenvalue weighted by molar-refractivity contribution is 0.140. The summed E-state index contributed by atoms with van der Waals surface area (Å²) in [6.45, 7) is 9.61. The van der Waals surface area contributed by atoms with E-state index >= 15 is 0 Å². The molecule has 1 aromatic rings. The number of nitrogens with one attached hydrogen (secondary N) is 1. The highest BCUT2D eigenvalue weighted by Gasteiger charge is 2.38. The molecule has 1 aromatic heterocycles. The molecule has 1 unspecified atom stereocenters. The summed E-state index contributed by atoms with van der Waals surface area (Å²) in [6.07, 6.45) is 5.05. The number of hydrogen-bond acceptors (Lipinski definition) is 5. The van der Waals surface area contributed by atoms with E-state index in [9.17, 15) is 4.79 Å². The van der Waals surface area contributed by atoms with Crippen molar-refractivity contribution in [1.82, 2.24) is 25.3 Å². The predicted octanol–water partition coefficient (Wildman–Crippen LogP) is 2.52. The minimum absolute atomic E-state index is 0.0149. The zero-order chi connectivity index (χ0) is 17.6. The Bertz CT molecular complexity index is 628. The molecular formula is C18H29N5O2. The second-order valence-electron chi connectivity index (χ2n) is 8.87. The minimum atomic E-state index is -0.213. The summed E-state index contributed by atoms with van der Waals surface area (Å²) in [4.78, 5) is 21.1. The van der Waals surface area contributed by atoms with Crippen LogP contribution in [0.1, 0.15) is 70.1 Å². The monoisotopic (exact) mass is 347 g/mol. The van der Waals surface area contributed by atoms with Crippen LogP contribution in [0.2, 0.25) is 0 Å². The number of amides is 2. The second-order valence-corrected chi connectivity index (χ2v) is 8.87. The summed E-state index contributed by atoms with van der Waals surface area (Å²) < 4.78 is 5.59. The zero-order valence-electron chi connectivity index (χ0n) is 15.5. The average Bonchev–Trinajstić information content (AvgIpc) is 2.95. The normalized spacial score (nSPS) is 25.2. The molecule has 1 aliphatic carbocycles. The van der Waals surface area contributed by atoms with Gasteiger partial charge in [0.1, 0.15) is 0 Å². The van der Waals surface area contributed by atoms with Crippen molar-refractivity contribution in [3.63, 3.8) is 0 Å². The van der Waals surface area contributed by atoms with Crippen LogP contribution in [0, 0.1) is 5.92 Å². The van der Waals surface area contributed by atoms with Crippen molar-refractivity contribution in [1.29, 1.82) is 0 Å². The second kappa shape index (κ2) is 6.27. The van der Waals surface area contributed by atoms with Crippen LogP contribution in [-0.2, 0) is 0 Å². The summed E-state index contributed by atoms with van der Waals surface area (Å²) >= 11 is 0. The first-order valence-electron chi connectivity index (χ1n) is 9.54. The van der Waals surface area contributed by atoms with Gasteiger partial charge in [0.25, 0.3) is 0 Å². The Labute approximate surface area is 149 Å². The molecule has 0 bridgehead atoms. The highest BCUT2D eigenvalue weighted by atomic mass is 16.5. The van der Waals surface area contributed by atoms with E-state index in [-0.39, 0.29) is 17.5 Å². The van der Waals surface area contributed by atoms with E-state index in [0.717, 1.165) is 30.6 Å². The SMILES string of the molecule is CC(C)(C)NC(=O)N1CC(c2noc(C3CCCN3CC3CC3)n2)C1. The Balaban J connectivity index is 1.32. The molecule has 4 rings (SSSR count). The molecular weight excluding hydrogens is 318 g/mol. The maximum absolute atomic E-state index is 12.1. The molecule has 0 radical (unpaired) electrons. The van der Waals surface area contributed by atoms with Crippen LogP contribution < -0.4 is 5.32 Å². The Hall–Kier alpha value is -1.63. The maximum Gasteiger partial charge on any atom is 0.317 e. The van der Waals surface area contributed by atoms with Crippen molar-refractivity contribution < 1.29 is 9.32 Å². The molecule has 1 saturated carbocycles. The first-order valence-corrected chi connectivity index (χ1v) is 9.54. The molecule has 138 valence electrons. The Kier molecular flexibility index (Phi) is 4.22. The van der Waals surface area contributed by atoms with Crippen LogP contribution >= 0.6 is 0 Å². The van der Waals surface area contributed by atoms with Crippen molar-refractivity contribution >= 4 is 6.03 Å². The lowest BCUT2D eigenvalue weighted by Crippen LogP contribution is -2.56. The molecule has 1 atom stereocenters. The molecule has 2 saturated heterocycles. The molecule has 2 amide bonds. The third-order valence-electron chi connectivity index (χ3n) is 5.31. The third kappa shape index (κ3) is 3.81. The molecule has 2 aliphatic heterocycles. The predicted molar refractivity (Wildman–Crippen MR) is 93.2 cm³/mol. The zero-order valence-corrected chi connectivity index (χ0v) is 15.5. The van der Waals surface area contributed by atoms with Gasteiger partial charge in [-0.05, 0) is 58.9 Å². The van der Waals surface area contributed by atoms with Crippen LogP contribution in [0.3, 0.4) is 0 Å². The Morgan fingerprint density at radius 3 is 2.72 bits per heavy atom. The first kappa shape index (κ1) is 16.8. The van der Waals surface area contributed by atoms with Gasteiger partial charge in [-0.15, -0.1) is 0 Å². The van der Waals surface area contributed by atoms with Crippen molar-refractivity contribution in [3.05, 3.63) is 11.7 Å². The van der Waals surface area contributed by atoms with Crippen LogP contribution in [0.25, 0.3) is 0 Å². The minimum Gasteiger partial charge on any atom is -0.338 e. The number of carbonyl (C=O) groups excluding carboxylic acids is 1. The third-order valence-corrected chi connectivity index (χ3v) is 5.31. The summed E-state index contributed by atoms with van der Waals surface area (Å²) in [5.41, 5.74) is -0.213. The van der Waals surface area contributed by atoms with Crippen LogP contribution in [-0.4, -0.2) is 57.7 Å². The smallest absolute Gasteiger partial charge is 0.317 e. The van der Waals surface area contributed by atoms with E-state index in [1.54, 1.807) is 4.90 Å². The van der Waals surface area contributed by atoms with Gasteiger partial charge < -0.3 is 14.7 Å². The number of carbonyl (C=O) groups is 1. The van der Waals surface area contributed by atoms with Gasteiger partial charge in [0.2, 0.25) is 5.89 Å². The molecule has 0 aromatic carbocycles. The lowest BCUT2D eigenvalue weighted by Gasteiger charge is -2.39. The van der Waals surface area contributed by atoms with Crippen molar-refractivity contribution in [3.8, 4) is 0 Å². The fourth-order valence-electron chi connectivity index (χ4n) is 3.71. The number of likely N-dealkylation sites (tertiary alicyclic amines) is 2. The van der Waals surface area contributed by atoms with Gasteiger partial charge in [0, 0.05) is 25.2 Å². The van der Waals surface area contributed by atoms with Gasteiger partial charge in [-0.3, -0.25) is 4.90 Å². The largest absolute Gasteiger partial charge is 0.338 e. The molecule has 25 heavy (non-hydrogen) atoms. The molecule has 0 spiro atoms. The Morgan fingerprint density at radius 2 is 2.04 bits per heavy atom. The highest BCUT2D eigenvalue weighted by Crippen LogP contribution is 2.37. The van der Waals surface area contributed by atoms with E-state index in [2.05, 4.69) is 20.4 Å². The van der Waals surface area contributed by atoms with Gasteiger partial charge in [-0.25, -0.2) is 4.79 Å². The summed E-state index contributed by atoms with van der Waals surface area (Å²) in [6, 6.07) is 0.279. The van der Waals surface area contributed by atoms with E-state index < -0.39 is 0 Å². The average molecular weight is 347 g/mol. The van der Waals surface area contributed by atoms with Gasteiger partial charge in [0.15, 0.2) is 5.82 Å². The molecule has 3 aliphatic rings. The molecule has 3 fully saturated rings. The quantitative estimate of drug-likeness (QED) is 0.906. The van der Waals surface area contributed by atoms with Gasteiger partial charge in [-0.1, -0.05) is 5.16 Å². The number of rotatable bonds is 4. The van der Waals surface area contributed by atoms with Crippen LogP contribution in [0.5, 0.6) is 0 Å². The van der Waals surface area contributed by atoms with Crippen molar-refractivity contribution in [2.45, 2.75) is 64.0 Å². The van der Waals surface area contributed by atoms with Crippen molar-refractivity contribution in [2.75, 3.05) is 26.2 Å². The number of aromatic nitrogens is 2. The van der Waals surface area contributed by atoms with E-state index in [0.29, 0.717) is 19.1 Å². The lowest BCUT2D eigenvalue weighted by atomic mass is 10.00. The van der Waals surface area contributed by atoms with Crippen molar-refractivity contribution in [2.24, 2.45) is 5.92 Å². The fraction of sp³-hybridized carbons (Fsp3) is 0.833. The molecule has 3 heterocycles. The van der Waals surface area contributed by atoms with Gasteiger partial charge in [-0.2, -0.15) is 4.98 Å². The Morgan fingerprint density at radius 1 is 1.28 bits per heavy atom. The summed E-state index contributed by atoms with van der Waals surface area (Å²) in [5.74, 6) is 2.60. The van der Waals surface area contributed by atoms with E-state index in [1.807, 2.05) is 20.8 Å². The molecule has 1 N–H and O–H groups in total. The standard InChI is InChI=1S/C18H29N5O2/c1-18(2,3)20-17(24)23-10-13(11-23)15-19-16(25-21-15)14-5-4-8-22(14)9-12-6-7-12/h12-14H,4-11H2,1-3H3,(H,20,24). The number of hydrogen-bond donors (Lipinski definition) is 1. The molecule has 7 heteroatoms. The number of urea groups is 1. The fourth-order valence-corrected chi connectivity index (χ4v) is 3.71. The van der Waals surface area contributed by atoms with E-state index in [4.69, 9.17) is 4.52 Å². The topological polar surface area (TPSA) is 74.5 Å². The molecule has 7 nitrogen and oxygen atoms in total.